The molecule has 3 N–H and O–H groups in total. The maximum absolute atomic E-state index is 12.8. The minimum Gasteiger partial charge on any atom is -0.496 e. The zero-order chi connectivity index (χ0) is 23.8. The Morgan fingerprint density at radius 2 is 1.55 bits per heavy atom. The largest absolute Gasteiger partial charge is 0.496 e. The molecule has 0 aliphatic rings. The highest BCUT2D eigenvalue weighted by Crippen LogP contribution is 2.34. The molecular weight excluding hydrogens is 424 g/mol. The summed E-state index contributed by atoms with van der Waals surface area (Å²) in [7, 11) is 4.64. The lowest BCUT2D eigenvalue weighted by molar-refractivity contribution is 0.0949. The molecule has 3 rings (SSSR count). The average Bonchev–Trinajstić information content (AvgIpc) is 2.85. The van der Waals surface area contributed by atoms with Crippen LogP contribution in [0.5, 0.6) is 23.0 Å². The Morgan fingerprint density at radius 1 is 0.848 bits per heavy atom. The third-order valence-corrected chi connectivity index (χ3v) is 4.98. The molecule has 0 saturated heterocycles. The van der Waals surface area contributed by atoms with Crippen molar-refractivity contribution in [2.75, 3.05) is 21.3 Å². The summed E-state index contributed by atoms with van der Waals surface area (Å²) >= 11 is 0. The minimum absolute atomic E-state index is 0.172. The summed E-state index contributed by atoms with van der Waals surface area (Å²) in [6.45, 7) is 0.368. The molecule has 0 radical (unpaired) electrons. The molecule has 0 spiro atoms. The van der Waals surface area contributed by atoms with Crippen LogP contribution < -0.4 is 30.0 Å². The predicted octanol–water partition coefficient (Wildman–Crippen LogP) is 3.32. The smallest absolute Gasteiger partial charge is 0.252 e. The van der Waals surface area contributed by atoms with Crippen LogP contribution in [0.15, 0.2) is 60.7 Å². The number of hydrogen-bond acceptors (Lipinski definition) is 6. The van der Waals surface area contributed by atoms with Crippen molar-refractivity contribution in [2.45, 2.75) is 13.2 Å². The molecule has 8 heteroatoms. The molecule has 0 bridgehead atoms. The van der Waals surface area contributed by atoms with Crippen molar-refractivity contribution in [1.29, 1.82) is 0 Å². The van der Waals surface area contributed by atoms with Crippen LogP contribution in [0.3, 0.4) is 0 Å². The van der Waals surface area contributed by atoms with E-state index < -0.39 is 5.91 Å². The molecule has 0 aliphatic heterocycles. The van der Waals surface area contributed by atoms with Crippen molar-refractivity contribution in [3.8, 4) is 23.0 Å². The Bertz CT molecular complexity index is 1120. The van der Waals surface area contributed by atoms with Gasteiger partial charge in [-0.25, -0.2) is 0 Å². The van der Waals surface area contributed by atoms with Crippen molar-refractivity contribution in [3.05, 3.63) is 82.9 Å². The van der Waals surface area contributed by atoms with Crippen LogP contribution in [0, 0.1) is 0 Å². The van der Waals surface area contributed by atoms with Crippen LogP contribution in [0.4, 0.5) is 0 Å². The molecule has 0 unspecified atom stereocenters. The molecule has 3 aromatic rings. The second-order valence-electron chi connectivity index (χ2n) is 7.04. The molecule has 0 aromatic heterocycles. The number of amides is 2. The van der Waals surface area contributed by atoms with Crippen molar-refractivity contribution < 1.29 is 28.5 Å². The number of carbonyl (C=O) groups is 2. The lowest BCUT2D eigenvalue weighted by Crippen LogP contribution is -2.23. The van der Waals surface area contributed by atoms with E-state index in [1.807, 2.05) is 6.07 Å². The van der Waals surface area contributed by atoms with E-state index in [-0.39, 0.29) is 19.1 Å². The summed E-state index contributed by atoms with van der Waals surface area (Å²) in [5.41, 5.74) is 7.61. The number of hydrogen-bond donors (Lipinski definition) is 2. The van der Waals surface area contributed by atoms with E-state index in [1.165, 1.54) is 0 Å². The average molecular weight is 450 g/mol. The van der Waals surface area contributed by atoms with E-state index in [9.17, 15) is 9.59 Å². The number of methoxy groups -OCH3 is 3. The monoisotopic (exact) mass is 450 g/mol. The Labute approximate surface area is 192 Å². The van der Waals surface area contributed by atoms with Gasteiger partial charge in [-0.15, -0.1) is 0 Å². The highest BCUT2D eigenvalue weighted by Gasteiger charge is 2.15. The molecule has 33 heavy (non-hydrogen) atoms. The van der Waals surface area contributed by atoms with Crippen LogP contribution in [-0.4, -0.2) is 33.1 Å². The van der Waals surface area contributed by atoms with Crippen molar-refractivity contribution in [3.63, 3.8) is 0 Å². The van der Waals surface area contributed by atoms with Gasteiger partial charge in [0.05, 0.1) is 39.0 Å². The Hall–Kier alpha value is -4.20. The first-order chi connectivity index (χ1) is 16.0. The molecule has 0 aliphatic carbocycles. The molecular formula is C25H26N2O6. The Kier molecular flexibility index (Phi) is 7.75. The van der Waals surface area contributed by atoms with Gasteiger partial charge >= 0.3 is 0 Å². The summed E-state index contributed by atoms with van der Waals surface area (Å²) in [4.78, 5) is 24.3. The van der Waals surface area contributed by atoms with Gasteiger partial charge in [0.1, 0.15) is 29.6 Å². The molecule has 172 valence electrons. The summed E-state index contributed by atoms with van der Waals surface area (Å²) in [6, 6.07) is 17.2. The van der Waals surface area contributed by atoms with Crippen LogP contribution in [-0.2, 0) is 13.2 Å². The van der Waals surface area contributed by atoms with Gasteiger partial charge < -0.3 is 30.0 Å². The molecule has 0 fully saturated rings. The van der Waals surface area contributed by atoms with Gasteiger partial charge in [0.2, 0.25) is 0 Å². The fourth-order valence-corrected chi connectivity index (χ4v) is 3.28. The fourth-order valence-electron chi connectivity index (χ4n) is 3.28. The first-order valence-electron chi connectivity index (χ1n) is 10.1. The van der Waals surface area contributed by atoms with Crippen LogP contribution >= 0.6 is 0 Å². The van der Waals surface area contributed by atoms with E-state index in [0.29, 0.717) is 39.7 Å². The zero-order valence-corrected chi connectivity index (χ0v) is 18.7. The van der Waals surface area contributed by atoms with E-state index in [4.69, 9.17) is 24.7 Å². The Morgan fingerprint density at radius 3 is 2.18 bits per heavy atom. The second-order valence-corrected chi connectivity index (χ2v) is 7.04. The number of carbonyl (C=O) groups excluding carboxylic acids is 2. The van der Waals surface area contributed by atoms with Crippen LogP contribution in [0.25, 0.3) is 0 Å². The topological polar surface area (TPSA) is 109 Å². The zero-order valence-electron chi connectivity index (χ0n) is 18.7. The van der Waals surface area contributed by atoms with Crippen molar-refractivity contribution >= 4 is 11.8 Å². The minimum atomic E-state index is -0.567. The highest BCUT2D eigenvalue weighted by atomic mass is 16.5. The first kappa shape index (κ1) is 23.5. The predicted molar refractivity (Wildman–Crippen MR) is 123 cm³/mol. The molecule has 0 saturated carbocycles. The lowest BCUT2D eigenvalue weighted by Gasteiger charge is -2.16. The van der Waals surface area contributed by atoms with Gasteiger partial charge in [0.25, 0.3) is 11.8 Å². The van der Waals surface area contributed by atoms with E-state index >= 15 is 0 Å². The number of benzene rings is 3. The lowest BCUT2D eigenvalue weighted by atomic mass is 10.1. The summed E-state index contributed by atoms with van der Waals surface area (Å²) in [5.74, 6) is 1.23. The molecule has 0 atom stereocenters. The molecule has 8 nitrogen and oxygen atoms in total. The normalized spacial score (nSPS) is 10.3. The number of rotatable bonds is 10. The molecule has 0 heterocycles. The van der Waals surface area contributed by atoms with Crippen molar-refractivity contribution in [1.82, 2.24) is 5.32 Å². The quantitative estimate of drug-likeness (QED) is 0.491. The summed E-state index contributed by atoms with van der Waals surface area (Å²) < 4.78 is 21.9. The second kappa shape index (κ2) is 10.9. The van der Waals surface area contributed by atoms with Crippen molar-refractivity contribution in [2.24, 2.45) is 5.73 Å². The standard InChI is InChI=1S/C25H26N2O6/c1-30-18-12-22(31-2)20(23(13-18)32-3)14-27-25(29)17-8-6-7-16(11-17)15-33-21-10-5-4-9-19(21)24(26)28/h4-13H,14-15H2,1-3H3,(H2,26,28)(H,27,29). The number of ether oxygens (including phenoxy) is 4. The summed E-state index contributed by atoms with van der Waals surface area (Å²) in [5, 5.41) is 2.89. The van der Waals surface area contributed by atoms with Gasteiger partial charge in [-0.1, -0.05) is 24.3 Å². The van der Waals surface area contributed by atoms with Crippen LogP contribution in [0.1, 0.15) is 31.8 Å². The SMILES string of the molecule is COc1cc(OC)c(CNC(=O)c2cccc(COc3ccccc3C(N)=O)c2)c(OC)c1. The number of nitrogens with two attached hydrogens (primary N) is 1. The maximum Gasteiger partial charge on any atom is 0.252 e. The van der Waals surface area contributed by atoms with E-state index in [1.54, 1.807) is 75.9 Å². The fraction of sp³-hybridized carbons (Fsp3) is 0.200. The summed E-state index contributed by atoms with van der Waals surface area (Å²) in [6.07, 6.45) is 0. The van der Waals surface area contributed by atoms with Gasteiger partial charge in [0.15, 0.2) is 0 Å². The number of primary amides is 1. The first-order valence-corrected chi connectivity index (χ1v) is 10.1. The van der Waals surface area contributed by atoms with Gasteiger partial charge in [-0.2, -0.15) is 0 Å². The number of para-hydroxylation sites is 1. The van der Waals surface area contributed by atoms with Gasteiger partial charge in [0, 0.05) is 17.7 Å². The third-order valence-electron chi connectivity index (χ3n) is 4.98. The van der Waals surface area contributed by atoms with E-state index in [2.05, 4.69) is 5.32 Å². The van der Waals surface area contributed by atoms with E-state index in [0.717, 1.165) is 5.56 Å². The third kappa shape index (κ3) is 5.74. The van der Waals surface area contributed by atoms with Gasteiger partial charge in [-0.05, 0) is 29.8 Å². The van der Waals surface area contributed by atoms with Crippen LogP contribution in [0.2, 0.25) is 0 Å². The Balaban J connectivity index is 1.70. The maximum atomic E-state index is 12.8. The number of nitrogens with one attached hydrogen (secondary N) is 1. The van der Waals surface area contributed by atoms with Gasteiger partial charge in [-0.3, -0.25) is 9.59 Å². The molecule has 2 amide bonds. The highest BCUT2D eigenvalue weighted by molar-refractivity contribution is 5.95. The molecule has 3 aromatic carbocycles.